The lowest BCUT2D eigenvalue weighted by atomic mass is 10.1. The number of carbonyl (C=O) groups is 1. The molecule has 2 heterocycles. The van der Waals surface area contributed by atoms with Crippen molar-refractivity contribution in [2.24, 2.45) is 0 Å². The van der Waals surface area contributed by atoms with E-state index in [9.17, 15) is 4.79 Å². The first-order valence-corrected chi connectivity index (χ1v) is 8.28. The van der Waals surface area contributed by atoms with Gasteiger partial charge in [0.2, 0.25) is 0 Å². The van der Waals surface area contributed by atoms with Gasteiger partial charge in [-0.2, -0.15) is 0 Å². The van der Waals surface area contributed by atoms with Gasteiger partial charge in [0.15, 0.2) is 0 Å². The average molecular weight is 404 g/mol. The normalized spacial score (nSPS) is 14.3. The summed E-state index contributed by atoms with van der Waals surface area (Å²) in [6, 6.07) is 7.57. The van der Waals surface area contributed by atoms with Gasteiger partial charge in [0.25, 0.3) is 5.91 Å². The van der Waals surface area contributed by atoms with Gasteiger partial charge in [-0.3, -0.25) is 4.79 Å². The van der Waals surface area contributed by atoms with E-state index in [1.165, 1.54) is 10.4 Å². The Hall–Kier alpha value is -0.590. The van der Waals surface area contributed by atoms with Gasteiger partial charge in [0.1, 0.15) is 0 Å². The molecule has 0 unspecified atom stereocenters. The molecule has 0 radical (unpaired) electrons. The largest absolute Gasteiger partial charge is 0.334 e. The number of thiophene rings is 1. The van der Waals surface area contributed by atoms with Crippen molar-refractivity contribution in [1.29, 1.82) is 0 Å². The molecule has 0 fully saturated rings. The summed E-state index contributed by atoms with van der Waals surface area (Å²) in [6.45, 7) is 1.50. The van der Waals surface area contributed by atoms with Crippen LogP contribution in [0.3, 0.4) is 0 Å². The molecular weight excluding hydrogens is 393 g/mol. The summed E-state index contributed by atoms with van der Waals surface area (Å²) in [5.41, 5.74) is 1.98. The maximum atomic E-state index is 12.6. The number of nitrogens with zero attached hydrogens (tertiary/aromatic N) is 1. The van der Waals surface area contributed by atoms with Crippen LogP contribution in [0.5, 0.6) is 0 Å². The number of rotatable bonds is 1. The molecule has 19 heavy (non-hydrogen) atoms. The van der Waals surface area contributed by atoms with E-state index in [1.54, 1.807) is 17.4 Å². The highest BCUT2D eigenvalue weighted by Crippen LogP contribution is 2.26. The predicted octanol–water partition coefficient (Wildman–Crippen LogP) is 4.20. The third kappa shape index (κ3) is 2.66. The Morgan fingerprint density at radius 3 is 3.05 bits per heavy atom. The van der Waals surface area contributed by atoms with Crippen LogP contribution in [0.4, 0.5) is 0 Å². The zero-order valence-corrected chi connectivity index (χ0v) is 13.8. The zero-order valence-electron chi connectivity index (χ0n) is 10.0. The molecule has 2 aromatic rings. The third-order valence-electron chi connectivity index (χ3n) is 3.25. The van der Waals surface area contributed by atoms with Crippen LogP contribution >= 0.6 is 45.5 Å². The van der Waals surface area contributed by atoms with E-state index in [1.807, 2.05) is 17.0 Å². The predicted molar refractivity (Wildman–Crippen MR) is 86.9 cm³/mol. The minimum absolute atomic E-state index is 0.0729. The van der Waals surface area contributed by atoms with Crippen molar-refractivity contribution in [2.45, 2.75) is 13.0 Å². The molecule has 1 aromatic heterocycles. The molecule has 0 atom stereocenters. The second kappa shape index (κ2) is 5.42. The quantitative estimate of drug-likeness (QED) is 0.653. The second-order valence-electron chi connectivity index (χ2n) is 4.47. The minimum atomic E-state index is 0.0729. The summed E-state index contributed by atoms with van der Waals surface area (Å²) in [7, 11) is 0. The Bertz CT molecular complexity index is 640. The number of hydrogen-bond donors (Lipinski definition) is 0. The third-order valence-corrected chi connectivity index (χ3v) is 5.45. The van der Waals surface area contributed by atoms with E-state index in [2.05, 4.69) is 34.0 Å². The highest BCUT2D eigenvalue weighted by atomic mass is 127. The topological polar surface area (TPSA) is 20.3 Å². The van der Waals surface area contributed by atoms with Gasteiger partial charge in [-0.1, -0.05) is 11.6 Å². The highest BCUT2D eigenvalue weighted by Gasteiger charge is 2.23. The van der Waals surface area contributed by atoms with Crippen molar-refractivity contribution in [3.63, 3.8) is 0 Å². The van der Waals surface area contributed by atoms with Crippen molar-refractivity contribution in [1.82, 2.24) is 4.90 Å². The summed E-state index contributed by atoms with van der Waals surface area (Å²) in [5, 5.41) is 2.71. The van der Waals surface area contributed by atoms with Gasteiger partial charge in [-0.05, 0) is 64.2 Å². The summed E-state index contributed by atoms with van der Waals surface area (Å²) in [6.07, 6.45) is 0.954. The van der Waals surface area contributed by atoms with Crippen molar-refractivity contribution in [3.05, 3.63) is 54.2 Å². The molecule has 0 saturated carbocycles. The van der Waals surface area contributed by atoms with Crippen LogP contribution in [0.15, 0.2) is 29.6 Å². The van der Waals surface area contributed by atoms with Crippen LogP contribution in [-0.4, -0.2) is 17.4 Å². The number of halogens is 2. The van der Waals surface area contributed by atoms with E-state index in [-0.39, 0.29) is 5.91 Å². The van der Waals surface area contributed by atoms with Gasteiger partial charge < -0.3 is 4.90 Å². The second-order valence-corrected chi connectivity index (χ2v) is 7.07. The summed E-state index contributed by atoms with van der Waals surface area (Å²) < 4.78 is 0.947. The summed E-state index contributed by atoms with van der Waals surface area (Å²) in [4.78, 5) is 15.9. The van der Waals surface area contributed by atoms with Gasteiger partial charge in [0.05, 0.1) is 5.56 Å². The Labute approximate surface area is 134 Å². The van der Waals surface area contributed by atoms with Crippen LogP contribution < -0.4 is 0 Å². The highest BCUT2D eigenvalue weighted by molar-refractivity contribution is 14.1. The monoisotopic (exact) mass is 403 g/mol. The molecule has 0 saturated heterocycles. The standard InChI is InChI=1S/C14H11ClINOS/c15-10-1-2-12(16)11(7-10)14(18)17-5-3-13-9(8-17)4-6-19-13/h1-2,4,6-7H,3,5,8H2. The van der Waals surface area contributed by atoms with Gasteiger partial charge in [-0.25, -0.2) is 0 Å². The van der Waals surface area contributed by atoms with Gasteiger partial charge >= 0.3 is 0 Å². The van der Waals surface area contributed by atoms with Gasteiger partial charge in [0, 0.05) is 26.6 Å². The maximum absolute atomic E-state index is 12.6. The Kier molecular flexibility index (Phi) is 3.82. The van der Waals surface area contributed by atoms with Crippen LogP contribution in [0, 0.1) is 3.57 Å². The van der Waals surface area contributed by atoms with E-state index in [0.29, 0.717) is 17.1 Å². The molecule has 0 N–H and O–H groups in total. The lowest BCUT2D eigenvalue weighted by molar-refractivity contribution is 0.0735. The molecule has 0 aliphatic carbocycles. The molecular formula is C14H11ClINOS. The van der Waals surface area contributed by atoms with Crippen LogP contribution in [0.2, 0.25) is 5.02 Å². The van der Waals surface area contributed by atoms with E-state index in [0.717, 1.165) is 16.5 Å². The van der Waals surface area contributed by atoms with Gasteiger partial charge in [-0.15, -0.1) is 11.3 Å². The first-order valence-electron chi connectivity index (χ1n) is 5.95. The van der Waals surface area contributed by atoms with E-state index < -0.39 is 0 Å². The zero-order chi connectivity index (χ0) is 13.4. The molecule has 98 valence electrons. The van der Waals surface area contributed by atoms with Crippen molar-refractivity contribution in [2.75, 3.05) is 6.54 Å². The first-order chi connectivity index (χ1) is 9.15. The fraction of sp³-hybridized carbons (Fsp3) is 0.214. The smallest absolute Gasteiger partial charge is 0.255 e. The minimum Gasteiger partial charge on any atom is -0.334 e. The Morgan fingerprint density at radius 2 is 2.21 bits per heavy atom. The van der Waals surface area contributed by atoms with Crippen LogP contribution in [0.1, 0.15) is 20.8 Å². The fourth-order valence-electron chi connectivity index (χ4n) is 2.25. The van der Waals surface area contributed by atoms with Crippen molar-refractivity contribution in [3.8, 4) is 0 Å². The molecule has 1 aliphatic heterocycles. The number of carbonyl (C=O) groups excluding carboxylic acids is 1. The molecule has 0 spiro atoms. The maximum Gasteiger partial charge on any atom is 0.255 e. The molecule has 3 rings (SSSR count). The number of hydrogen-bond acceptors (Lipinski definition) is 2. The summed E-state index contributed by atoms with van der Waals surface area (Å²) >= 11 is 9.95. The number of fused-ring (bicyclic) bond motifs is 1. The molecule has 2 nitrogen and oxygen atoms in total. The molecule has 1 amide bonds. The van der Waals surface area contributed by atoms with Crippen molar-refractivity contribution >= 4 is 51.4 Å². The van der Waals surface area contributed by atoms with E-state index in [4.69, 9.17) is 11.6 Å². The average Bonchev–Trinajstić information content (AvgIpc) is 2.88. The SMILES string of the molecule is O=C(c1cc(Cl)ccc1I)N1CCc2sccc2C1. The first kappa shape index (κ1) is 13.4. The fourth-order valence-corrected chi connectivity index (χ4v) is 3.88. The van der Waals surface area contributed by atoms with Crippen molar-refractivity contribution < 1.29 is 4.79 Å². The number of amides is 1. The van der Waals surface area contributed by atoms with Crippen LogP contribution in [0.25, 0.3) is 0 Å². The van der Waals surface area contributed by atoms with Crippen LogP contribution in [-0.2, 0) is 13.0 Å². The lowest BCUT2D eigenvalue weighted by Crippen LogP contribution is -2.35. The Balaban J connectivity index is 1.87. The number of benzene rings is 1. The van der Waals surface area contributed by atoms with E-state index >= 15 is 0 Å². The molecule has 1 aliphatic rings. The Morgan fingerprint density at radius 1 is 1.37 bits per heavy atom. The molecule has 1 aromatic carbocycles. The summed E-state index contributed by atoms with van der Waals surface area (Å²) in [5.74, 6) is 0.0729. The lowest BCUT2D eigenvalue weighted by Gasteiger charge is -2.27. The molecule has 0 bridgehead atoms. The molecule has 5 heteroatoms.